The summed E-state index contributed by atoms with van der Waals surface area (Å²) in [7, 11) is -0.463. The molecular formula is C28H29F2N9O4S. The quantitative estimate of drug-likeness (QED) is 0.247. The smallest absolute Gasteiger partial charge is 0.387 e. The number of carbonyl (C=O) groups excluding carboxylic acids is 1. The Bertz CT molecular complexity index is 1940. The van der Waals surface area contributed by atoms with E-state index in [1.165, 1.54) is 52.3 Å². The second-order valence-electron chi connectivity index (χ2n) is 10.5. The van der Waals surface area contributed by atoms with Crippen LogP contribution in [0.1, 0.15) is 29.6 Å². The number of ether oxygens (including phenoxy) is 1. The summed E-state index contributed by atoms with van der Waals surface area (Å²) in [6.45, 7) is -1.60. The summed E-state index contributed by atoms with van der Waals surface area (Å²) in [5.41, 5.74) is 0.566. The van der Waals surface area contributed by atoms with Crippen LogP contribution in [0.15, 0.2) is 71.2 Å². The molecule has 1 N–H and O–H groups in total. The van der Waals surface area contributed by atoms with Gasteiger partial charge in [-0.3, -0.25) is 14.2 Å². The maximum atomic E-state index is 13.7. The number of benzene rings is 1. The molecule has 0 saturated carbocycles. The summed E-state index contributed by atoms with van der Waals surface area (Å²) in [5.74, 6) is -0.897. The van der Waals surface area contributed by atoms with Gasteiger partial charge in [0.25, 0.3) is 5.91 Å². The number of nitrogens with one attached hydrogen (secondary N) is 1. The molecular weight excluding hydrogens is 596 g/mol. The van der Waals surface area contributed by atoms with E-state index in [1.807, 2.05) is 0 Å². The van der Waals surface area contributed by atoms with E-state index in [9.17, 15) is 22.0 Å². The van der Waals surface area contributed by atoms with Gasteiger partial charge in [0.15, 0.2) is 5.65 Å². The lowest BCUT2D eigenvalue weighted by atomic mass is 10.1. The summed E-state index contributed by atoms with van der Waals surface area (Å²) < 4.78 is 63.3. The first-order valence-corrected chi connectivity index (χ1v) is 15.3. The van der Waals surface area contributed by atoms with E-state index < -0.39 is 22.4 Å². The molecule has 4 aromatic heterocycles. The fraction of sp³-hybridized carbons (Fsp3) is 0.321. The molecule has 44 heavy (non-hydrogen) atoms. The lowest BCUT2D eigenvalue weighted by Gasteiger charge is -2.18. The van der Waals surface area contributed by atoms with Crippen LogP contribution in [0.25, 0.3) is 16.9 Å². The first-order chi connectivity index (χ1) is 21.1. The van der Waals surface area contributed by atoms with Crippen LogP contribution in [0.2, 0.25) is 0 Å². The molecule has 230 valence electrons. The second kappa shape index (κ2) is 11.8. The minimum absolute atomic E-state index is 0.0226. The van der Waals surface area contributed by atoms with Gasteiger partial charge in [-0.25, -0.2) is 17.9 Å². The summed E-state index contributed by atoms with van der Waals surface area (Å²) in [6.07, 6.45) is 11.7. The third-order valence-corrected chi connectivity index (χ3v) is 9.32. The molecule has 1 amide bonds. The van der Waals surface area contributed by atoms with Crippen molar-refractivity contribution in [3.63, 3.8) is 0 Å². The average Bonchev–Trinajstić information content (AvgIpc) is 3.79. The molecule has 16 heteroatoms. The molecule has 1 atom stereocenters. The van der Waals surface area contributed by atoms with Gasteiger partial charge in [0, 0.05) is 50.0 Å². The van der Waals surface area contributed by atoms with Crippen LogP contribution >= 0.6 is 0 Å². The van der Waals surface area contributed by atoms with Gasteiger partial charge in [-0.1, -0.05) is 0 Å². The van der Waals surface area contributed by atoms with E-state index in [4.69, 9.17) is 4.74 Å². The zero-order chi connectivity index (χ0) is 31.0. The van der Waals surface area contributed by atoms with Crippen molar-refractivity contribution >= 4 is 27.1 Å². The van der Waals surface area contributed by atoms with Gasteiger partial charge in [0.2, 0.25) is 9.84 Å². The van der Waals surface area contributed by atoms with Crippen LogP contribution in [-0.2, 0) is 23.4 Å². The standard InChI is InChI=1S/C28H29F2N9O4S/c1-36-10-3-5-18(36)8-12-38-16-20(14-32-38)44(41,42)19-6-7-24(43-28(29)30)21(13-19)25-23(17-37(2)35-25)34-27(40)22-15-33-39-11-4-9-31-26(22)39/h4,6-7,9,11,13-18,28H,3,5,8,10,12H2,1-2H3,(H,34,40)/t18-/m0/s1. The molecule has 1 aromatic carbocycles. The Hall–Kier alpha value is -4.70. The number of hydrogen-bond acceptors (Lipinski definition) is 9. The largest absolute Gasteiger partial charge is 0.434 e. The van der Waals surface area contributed by atoms with E-state index >= 15 is 0 Å². The number of hydrogen-bond donors (Lipinski definition) is 1. The summed E-state index contributed by atoms with van der Waals surface area (Å²) in [6, 6.07) is 5.61. The first-order valence-electron chi connectivity index (χ1n) is 13.8. The highest BCUT2D eigenvalue weighted by Crippen LogP contribution is 2.38. The summed E-state index contributed by atoms with van der Waals surface area (Å²) in [4.78, 5) is 19.5. The first kappa shape index (κ1) is 29.4. The van der Waals surface area contributed by atoms with E-state index in [2.05, 4.69) is 37.5 Å². The number of halogens is 2. The van der Waals surface area contributed by atoms with E-state index in [-0.39, 0.29) is 38.0 Å². The van der Waals surface area contributed by atoms with Gasteiger partial charge in [0.1, 0.15) is 21.9 Å². The zero-order valence-corrected chi connectivity index (χ0v) is 24.7. The van der Waals surface area contributed by atoms with Crippen LogP contribution in [-0.4, -0.2) is 79.6 Å². The van der Waals surface area contributed by atoms with Crippen molar-refractivity contribution in [3.8, 4) is 17.0 Å². The van der Waals surface area contributed by atoms with Gasteiger partial charge < -0.3 is 15.0 Å². The predicted molar refractivity (Wildman–Crippen MR) is 154 cm³/mol. The van der Waals surface area contributed by atoms with Crippen molar-refractivity contribution in [1.82, 2.24) is 39.1 Å². The molecule has 0 aliphatic carbocycles. The van der Waals surface area contributed by atoms with Gasteiger partial charge in [0.05, 0.1) is 23.0 Å². The Morgan fingerprint density at radius 2 is 2.00 bits per heavy atom. The maximum Gasteiger partial charge on any atom is 0.387 e. The molecule has 1 aliphatic heterocycles. The molecule has 0 unspecified atom stereocenters. The number of nitrogens with zero attached hydrogens (tertiary/aromatic N) is 8. The summed E-state index contributed by atoms with van der Waals surface area (Å²) in [5, 5.41) is 15.4. The number of aryl methyl sites for hydroxylation is 2. The monoisotopic (exact) mass is 625 g/mol. The number of likely N-dealkylation sites (tertiary alicyclic amines) is 1. The Labute approximate surface area is 251 Å². The number of sulfone groups is 1. The number of rotatable bonds is 10. The van der Waals surface area contributed by atoms with E-state index in [1.54, 1.807) is 24.0 Å². The number of anilines is 1. The molecule has 0 spiro atoms. The van der Waals surface area contributed by atoms with Crippen LogP contribution in [0.3, 0.4) is 0 Å². The third kappa shape index (κ3) is 5.77. The van der Waals surface area contributed by atoms with Crippen molar-refractivity contribution in [1.29, 1.82) is 0 Å². The van der Waals surface area contributed by atoms with Gasteiger partial charge >= 0.3 is 6.61 Å². The lowest BCUT2D eigenvalue weighted by Crippen LogP contribution is -2.26. The lowest BCUT2D eigenvalue weighted by molar-refractivity contribution is -0.0494. The van der Waals surface area contributed by atoms with E-state index in [0.717, 1.165) is 31.9 Å². The minimum atomic E-state index is -4.11. The fourth-order valence-corrected chi connectivity index (χ4v) is 6.62. The number of alkyl halides is 2. The Balaban J connectivity index is 1.32. The SMILES string of the molecule is CN1CCC[C@H]1CCn1cc(S(=O)(=O)c2ccc(OC(F)F)c(-c3nn(C)cc3NC(=O)c3cnn4cccnc34)c2)cn1. The van der Waals surface area contributed by atoms with E-state index in [0.29, 0.717) is 18.2 Å². The van der Waals surface area contributed by atoms with Gasteiger partial charge in [-0.2, -0.15) is 24.1 Å². The second-order valence-corrected chi connectivity index (χ2v) is 12.5. The number of amides is 1. The van der Waals surface area contributed by atoms with Crippen LogP contribution < -0.4 is 10.1 Å². The highest BCUT2D eigenvalue weighted by Gasteiger charge is 2.26. The van der Waals surface area contributed by atoms with Crippen molar-refractivity contribution in [2.45, 2.75) is 48.3 Å². The third-order valence-electron chi connectivity index (χ3n) is 7.62. The summed E-state index contributed by atoms with van der Waals surface area (Å²) >= 11 is 0. The maximum absolute atomic E-state index is 13.7. The topological polar surface area (TPSA) is 142 Å². The van der Waals surface area contributed by atoms with Crippen LogP contribution in [0.5, 0.6) is 5.75 Å². The molecule has 5 aromatic rings. The Morgan fingerprint density at radius 1 is 1.16 bits per heavy atom. The molecule has 0 radical (unpaired) electrons. The number of aromatic nitrogens is 7. The fourth-order valence-electron chi connectivity index (χ4n) is 5.38. The number of fused-ring (bicyclic) bond motifs is 1. The average molecular weight is 626 g/mol. The van der Waals surface area contributed by atoms with Crippen molar-refractivity contribution in [2.24, 2.45) is 7.05 Å². The Morgan fingerprint density at radius 3 is 2.77 bits per heavy atom. The van der Waals surface area contributed by atoms with Gasteiger partial charge in [-0.05, 0) is 57.1 Å². The van der Waals surface area contributed by atoms with Crippen molar-refractivity contribution < 1.29 is 26.7 Å². The molecule has 6 rings (SSSR count). The predicted octanol–water partition coefficient (Wildman–Crippen LogP) is 3.50. The molecule has 1 aliphatic rings. The van der Waals surface area contributed by atoms with Crippen LogP contribution in [0.4, 0.5) is 14.5 Å². The Kier molecular flexibility index (Phi) is 7.85. The molecule has 0 bridgehead atoms. The van der Waals surface area contributed by atoms with Crippen molar-refractivity contribution in [2.75, 3.05) is 18.9 Å². The highest BCUT2D eigenvalue weighted by atomic mass is 32.2. The highest BCUT2D eigenvalue weighted by molar-refractivity contribution is 7.91. The normalized spacial score (nSPS) is 15.8. The minimum Gasteiger partial charge on any atom is -0.434 e. The number of carbonyl (C=O) groups is 1. The van der Waals surface area contributed by atoms with Crippen molar-refractivity contribution in [3.05, 3.63) is 67.0 Å². The molecule has 1 saturated heterocycles. The molecule has 13 nitrogen and oxygen atoms in total. The van der Waals surface area contributed by atoms with Gasteiger partial charge in [-0.15, -0.1) is 0 Å². The zero-order valence-electron chi connectivity index (χ0n) is 23.8. The molecule has 1 fully saturated rings. The molecule has 5 heterocycles. The van der Waals surface area contributed by atoms with Crippen LogP contribution in [0, 0.1) is 0 Å².